The van der Waals surface area contributed by atoms with Crippen LogP contribution in [0.2, 0.25) is 0 Å². The Hall–Kier alpha value is -1.61. The second-order valence-corrected chi connectivity index (χ2v) is 4.12. The Morgan fingerprint density at radius 1 is 1.06 bits per heavy atom. The predicted octanol–water partition coefficient (Wildman–Crippen LogP) is 3.18. The Bertz CT molecular complexity index is 488. The van der Waals surface area contributed by atoms with E-state index in [4.69, 9.17) is 16.6 Å². The molecule has 0 aliphatic heterocycles. The molecule has 2 aromatic rings. The van der Waals surface area contributed by atoms with Crippen LogP contribution in [0.3, 0.4) is 0 Å². The highest BCUT2D eigenvalue weighted by molar-refractivity contribution is 7.80. The zero-order chi connectivity index (χ0) is 11.5. The molecule has 0 aliphatic rings. The highest BCUT2D eigenvalue weighted by Crippen LogP contribution is 2.22. The van der Waals surface area contributed by atoms with E-state index in [0.29, 0.717) is 4.99 Å². The zero-order valence-corrected chi connectivity index (χ0v) is 10.1. The summed E-state index contributed by atoms with van der Waals surface area (Å²) in [5.74, 6) is 1.58. The summed E-state index contributed by atoms with van der Waals surface area (Å²) in [6.45, 7) is 0. The van der Waals surface area contributed by atoms with E-state index in [1.54, 1.807) is 0 Å². The average Bonchev–Trinajstić information content (AvgIpc) is 2.78. The topological polar surface area (TPSA) is 16.4 Å². The Morgan fingerprint density at radius 3 is 2.38 bits per heavy atom. The number of thiocarbonyl (C=S) groups is 1. The van der Waals surface area contributed by atoms with Crippen LogP contribution in [0.25, 0.3) is 11.3 Å². The second-order valence-electron chi connectivity index (χ2n) is 3.73. The van der Waals surface area contributed by atoms with Gasteiger partial charge in [-0.25, -0.2) is 0 Å². The van der Waals surface area contributed by atoms with Crippen LogP contribution in [0.15, 0.2) is 46.9 Å². The molecule has 0 radical (unpaired) electrons. The predicted molar refractivity (Wildman–Crippen MR) is 69.5 cm³/mol. The Labute approximate surface area is 100 Å². The third-order valence-corrected chi connectivity index (χ3v) is 2.85. The first kappa shape index (κ1) is 10.9. The van der Waals surface area contributed by atoms with Crippen molar-refractivity contribution in [2.45, 2.75) is 0 Å². The van der Waals surface area contributed by atoms with E-state index < -0.39 is 0 Å². The molecule has 0 saturated carbocycles. The summed E-state index contributed by atoms with van der Waals surface area (Å²) in [4.78, 5) is 2.57. The molecule has 2 nitrogen and oxygen atoms in total. The highest BCUT2D eigenvalue weighted by Gasteiger charge is 2.09. The SMILES string of the molecule is CN(C)C(=S)c1ccc(-c2ccccc2)o1. The molecule has 16 heavy (non-hydrogen) atoms. The fourth-order valence-electron chi connectivity index (χ4n) is 1.43. The van der Waals surface area contributed by atoms with Gasteiger partial charge >= 0.3 is 0 Å². The molecule has 82 valence electrons. The van der Waals surface area contributed by atoms with Gasteiger partial charge in [-0.1, -0.05) is 42.5 Å². The van der Waals surface area contributed by atoms with Gasteiger partial charge in [-0.2, -0.15) is 0 Å². The molecule has 0 bridgehead atoms. The van der Waals surface area contributed by atoms with E-state index in [-0.39, 0.29) is 0 Å². The van der Waals surface area contributed by atoms with Crippen molar-refractivity contribution in [1.29, 1.82) is 0 Å². The highest BCUT2D eigenvalue weighted by atomic mass is 32.1. The van der Waals surface area contributed by atoms with Gasteiger partial charge in [0.05, 0.1) is 0 Å². The maximum absolute atomic E-state index is 5.71. The van der Waals surface area contributed by atoms with Crippen LogP contribution >= 0.6 is 12.2 Å². The lowest BCUT2D eigenvalue weighted by atomic mass is 10.2. The Balaban J connectivity index is 2.30. The lowest BCUT2D eigenvalue weighted by Gasteiger charge is -2.10. The van der Waals surface area contributed by atoms with Gasteiger partial charge in [-0.3, -0.25) is 0 Å². The van der Waals surface area contributed by atoms with E-state index >= 15 is 0 Å². The van der Waals surface area contributed by atoms with Crippen molar-refractivity contribution in [2.24, 2.45) is 0 Å². The van der Waals surface area contributed by atoms with Gasteiger partial charge in [0.25, 0.3) is 0 Å². The first-order valence-electron chi connectivity index (χ1n) is 5.05. The summed E-state index contributed by atoms with van der Waals surface area (Å²) in [6, 6.07) is 13.8. The molecule has 0 N–H and O–H groups in total. The van der Waals surface area contributed by atoms with Crippen LogP contribution < -0.4 is 0 Å². The smallest absolute Gasteiger partial charge is 0.162 e. The third kappa shape index (κ3) is 2.14. The molecule has 0 aliphatic carbocycles. The Morgan fingerprint density at radius 2 is 1.75 bits per heavy atom. The van der Waals surface area contributed by atoms with Crippen LogP contribution in [0, 0.1) is 0 Å². The van der Waals surface area contributed by atoms with Gasteiger partial charge in [-0.05, 0) is 12.1 Å². The second kappa shape index (κ2) is 4.49. The molecule has 1 aromatic heterocycles. The van der Waals surface area contributed by atoms with Crippen LogP contribution in [0.1, 0.15) is 5.76 Å². The molecule has 0 fully saturated rings. The van der Waals surface area contributed by atoms with Crippen LogP contribution in [-0.4, -0.2) is 24.0 Å². The van der Waals surface area contributed by atoms with E-state index in [9.17, 15) is 0 Å². The van der Waals surface area contributed by atoms with Crippen LogP contribution in [0.4, 0.5) is 0 Å². The first-order chi connectivity index (χ1) is 7.68. The molecule has 0 atom stereocenters. The minimum Gasteiger partial charge on any atom is -0.454 e. The van der Waals surface area contributed by atoms with Crippen LogP contribution in [-0.2, 0) is 0 Å². The maximum Gasteiger partial charge on any atom is 0.162 e. The summed E-state index contributed by atoms with van der Waals surface area (Å²) in [6.07, 6.45) is 0. The number of hydrogen-bond donors (Lipinski definition) is 0. The monoisotopic (exact) mass is 231 g/mol. The van der Waals surface area contributed by atoms with Crippen molar-refractivity contribution in [2.75, 3.05) is 14.1 Å². The number of hydrogen-bond acceptors (Lipinski definition) is 2. The Kier molecular flexibility index (Phi) is 3.06. The van der Waals surface area contributed by atoms with Gasteiger partial charge in [0.1, 0.15) is 10.7 Å². The lowest BCUT2D eigenvalue weighted by Crippen LogP contribution is -2.19. The number of rotatable bonds is 2. The molecule has 2 rings (SSSR count). The summed E-state index contributed by atoms with van der Waals surface area (Å²) in [5, 5.41) is 0. The average molecular weight is 231 g/mol. The van der Waals surface area contributed by atoms with Crippen molar-refractivity contribution in [3.63, 3.8) is 0 Å². The van der Waals surface area contributed by atoms with Gasteiger partial charge in [0, 0.05) is 19.7 Å². The summed E-state index contributed by atoms with van der Waals surface area (Å²) in [5.41, 5.74) is 1.07. The maximum atomic E-state index is 5.71. The normalized spacial score (nSPS) is 10.1. The van der Waals surface area contributed by atoms with E-state index in [2.05, 4.69) is 0 Å². The minimum atomic E-state index is 0.710. The molecule has 1 heterocycles. The summed E-state index contributed by atoms with van der Waals surface area (Å²) in [7, 11) is 3.82. The lowest BCUT2D eigenvalue weighted by molar-refractivity contribution is 0.545. The van der Waals surface area contributed by atoms with Crippen LogP contribution in [0.5, 0.6) is 0 Å². The van der Waals surface area contributed by atoms with Crippen molar-refractivity contribution >= 4 is 17.2 Å². The van der Waals surface area contributed by atoms with Gasteiger partial charge in [0.2, 0.25) is 0 Å². The number of furan rings is 1. The molecule has 0 spiro atoms. The summed E-state index contributed by atoms with van der Waals surface area (Å²) < 4.78 is 5.71. The zero-order valence-electron chi connectivity index (χ0n) is 9.31. The summed E-state index contributed by atoms with van der Waals surface area (Å²) >= 11 is 5.24. The molecule has 0 amide bonds. The molecule has 0 saturated heterocycles. The van der Waals surface area contributed by atoms with Crippen molar-refractivity contribution in [1.82, 2.24) is 4.90 Å². The van der Waals surface area contributed by atoms with Crippen molar-refractivity contribution < 1.29 is 4.42 Å². The fourth-order valence-corrected chi connectivity index (χ4v) is 1.54. The molecule has 0 unspecified atom stereocenters. The first-order valence-corrected chi connectivity index (χ1v) is 5.46. The van der Waals surface area contributed by atoms with E-state index in [1.165, 1.54) is 0 Å². The molecule has 1 aromatic carbocycles. The van der Waals surface area contributed by atoms with E-state index in [1.807, 2.05) is 61.5 Å². The van der Waals surface area contributed by atoms with Crippen molar-refractivity contribution in [3.05, 3.63) is 48.2 Å². The molecule has 3 heteroatoms. The number of nitrogens with zero attached hydrogens (tertiary/aromatic N) is 1. The van der Waals surface area contributed by atoms with E-state index in [0.717, 1.165) is 17.1 Å². The molecular formula is C13H13NOS. The van der Waals surface area contributed by atoms with Crippen molar-refractivity contribution in [3.8, 4) is 11.3 Å². The third-order valence-electron chi connectivity index (χ3n) is 2.28. The van der Waals surface area contributed by atoms with Gasteiger partial charge < -0.3 is 9.32 Å². The minimum absolute atomic E-state index is 0.710. The standard InChI is InChI=1S/C13H13NOS/c1-14(2)13(16)12-9-8-11(15-12)10-6-4-3-5-7-10/h3-9H,1-2H3. The fraction of sp³-hybridized carbons (Fsp3) is 0.154. The van der Waals surface area contributed by atoms with Gasteiger partial charge in [-0.15, -0.1) is 0 Å². The molecular weight excluding hydrogens is 218 g/mol. The largest absolute Gasteiger partial charge is 0.454 e. The number of benzene rings is 1. The van der Waals surface area contributed by atoms with Gasteiger partial charge in [0.15, 0.2) is 5.76 Å². The quantitative estimate of drug-likeness (QED) is 0.739.